The number of benzene rings is 2. The zero-order valence-corrected chi connectivity index (χ0v) is 22.5. The van der Waals surface area contributed by atoms with Gasteiger partial charge in [-0.15, -0.1) is 21.5 Å². The summed E-state index contributed by atoms with van der Waals surface area (Å²) in [6, 6.07) is 16.1. The fraction of sp³-hybridized carbons (Fsp3) is 0.346. The molecule has 4 rings (SSSR count). The number of nitrogens with zero attached hydrogens (tertiary/aromatic N) is 4. The number of hydrogen-bond acceptors (Lipinski definition) is 6. The van der Waals surface area contributed by atoms with Crippen molar-refractivity contribution in [2.45, 2.75) is 63.6 Å². The average Bonchev–Trinajstić information content (AvgIpc) is 3.44. The number of thiazole rings is 1. The molecule has 0 N–H and O–H groups in total. The normalized spacial score (nSPS) is 12.6. The number of aromatic nitrogens is 4. The zero-order chi connectivity index (χ0) is 24.3. The van der Waals surface area contributed by atoms with Crippen LogP contribution in [-0.2, 0) is 17.7 Å². The predicted octanol–water partition coefficient (Wildman–Crippen LogP) is 7.80. The van der Waals surface area contributed by atoms with Crippen LogP contribution in [0.2, 0.25) is 5.02 Å². The molecule has 2 aromatic heterocycles. The lowest BCUT2D eigenvalue weighted by Gasteiger charge is -2.20. The molecule has 5 nitrogen and oxygen atoms in total. The Bertz CT molecular complexity index is 1240. The molecule has 0 saturated carbocycles. The molecule has 0 saturated heterocycles. The lowest BCUT2D eigenvalue weighted by molar-refractivity contribution is 0.210. The van der Waals surface area contributed by atoms with E-state index in [1.165, 1.54) is 5.56 Å². The third kappa shape index (κ3) is 5.65. The van der Waals surface area contributed by atoms with E-state index in [2.05, 4.69) is 60.0 Å². The van der Waals surface area contributed by atoms with Gasteiger partial charge >= 0.3 is 0 Å². The van der Waals surface area contributed by atoms with E-state index < -0.39 is 0 Å². The van der Waals surface area contributed by atoms with Crippen molar-refractivity contribution in [2.24, 2.45) is 0 Å². The van der Waals surface area contributed by atoms with Crippen molar-refractivity contribution in [1.29, 1.82) is 0 Å². The van der Waals surface area contributed by atoms with Gasteiger partial charge in [0.2, 0.25) is 0 Å². The van der Waals surface area contributed by atoms with E-state index in [9.17, 15) is 0 Å². The van der Waals surface area contributed by atoms with Crippen LogP contribution in [0.1, 0.15) is 57.8 Å². The Kier molecular flexibility index (Phi) is 7.65. The van der Waals surface area contributed by atoms with Gasteiger partial charge in [-0.1, -0.05) is 74.5 Å². The summed E-state index contributed by atoms with van der Waals surface area (Å²) in [4.78, 5) is 4.76. The quantitative estimate of drug-likeness (QED) is 0.225. The highest BCUT2D eigenvalue weighted by atomic mass is 35.5. The van der Waals surface area contributed by atoms with Crippen molar-refractivity contribution in [2.75, 3.05) is 0 Å². The Hall–Kier alpha value is -2.35. The molecule has 178 valence electrons. The molecule has 1 unspecified atom stereocenters. The van der Waals surface area contributed by atoms with E-state index in [-0.39, 0.29) is 11.5 Å². The molecule has 8 heteroatoms. The predicted molar refractivity (Wildman–Crippen MR) is 142 cm³/mol. The number of thioether (sulfide) groups is 1. The first-order valence-corrected chi connectivity index (χ1v) is 13.5. The van der Waals surface area contributed by atoms with E-state index in [1.807, 2.05) is 43.3 Å². The van der Waals surface area contributed by atoms with Gasteiger partial charge in [0.25, 0.3) is 0 Å². The SMILES string of the molecule is CCn1c(SCc2csc(-c3ccccc3Cl)n2)nnc1C(C)Oc1ccc(C(C)(C)C)cc1. The number of hydrogen-bond donors (Lipinski definition) is 0. The molecule has 0 fully saturated rings. The molecule has 0 amide bonds. The van der Waals surface area contributed by atoms with E-state index in [4.69, 9.17) is 21.3 Å². The van der Waals surface area contributed by atoms with Gasteiger partial charge < -0.3 is 9.30 Å². The Morgan fingerprint density at radius 3 is 2.50 bits per heavy atom. The zero-order valence-electron chi connectivity index (χ0n) is 20.1. The van der Waals surface area contributed by atoms with Crippen LogP contribution in [-0.4, -0.2) is 19.7 Å². The largest absolute Gasteiger partial charge is 0.483 e. The Labute approximate surface area is 214 Å². The minimum Gasteiger partial charge on any atom is -0.483 e. The molecule has 2 aromatic carbocycles. The molecule has 0 aliphatic rings. The second-order valence-corrected chi connectivity index (χ2v) is 11.2. The van der Waals surface area contributed by atoms with Crippen LogP contribution in [0.15, 0.2) is 59.1 Å². The van der Waals surface area contributed by atoms with E-state index in [1.54, 1.807) is 23.1 Å². The smallest absolute Gasteiger partial charge is 0.191 e. The highest BCUT2D eigenvalue weighted by Crippen LogP contribution is 2.32. The van der Waals surface area contributed by atoms with Gasteiger partial charge in [0.15, 0.2) is 17.1 Å². The lowest BCUT2D eigenvalue weighted by atomic mass is 9.87. The Morgan fingerprint density at radius 2 is 1.82 bits per heavy atom. The fourth-order valence-corrected chi connectivity index (χ4v) is 5.71. The van der Waals surface area contributed by atoms with Crippen molar-refractivity contribution in [3.05, 3.63) is 76.0 Å². The molecular weight excluding hydrogens is 484 g/mol. The summed E-state index contributed by atoms with van der Waals surface area (Å²) in [6.45, 7) is 11.5. The van der Waals surface area contributed by atoms with Gasteiger partial charge in [-0.2, -0.15) is 0 Å². The van der Waals surface area contributed by atoms with Crippen molar-refractivity contribution in [3.8, 4) is 16.3 Å². The maximum atomic E-state index is 6.33. The summed E-state index contributed by atoms with van der Waals surface area (Å²) >= 11 is 9.56. The van der Waals surface area contributed by atoms with E-state index >= 15 is 0 Å². The number of halogens is 1. The topological polar surface area (TPSA) is 52.8 Å². The van der Waals surface area contributed by atoms with Crippen molar-refractivity contribution in [1.82, 2.24) is 19.7 Å². The molecule has 0 aliphatic heterocycles. The summed E-state index contributed by atoms with van der Waals surface area (Å²) in [5, 5.41) is 13.5. The van der Waals surface area contributed by atoms with Crippen LogP contribution in [0, 0.1) is 0 Å². The average molecular weight is 513 g/mol. The fourth-order valence-electron chi connectivity index (χ4n) is 3.57. The summed E-state index contributed by atoms with van der Waals surface area (Å²) in [7, 11) is 0. The summed E-state index contributed by atoms with van der Waals surface area (Å²) in [5.74, 6) is 2.36. The van der Waals surface area contributed by atoms with Gasteiger partial charge in [-0.25, -0.2) is 4.98 Å². The van der Waals surface area contributed by atoms with Crippen molar-refractivity contribution in [3.63, 3.8) is 0 Å². The molecule has 0 spiro atoms. The van der Waals surface area contributed by atoms with Gasteiger partial charge in [0, 0.05) is 23.2 Å². The third-order valence-corrected chi connectivity index (χ3v) is 7.72. The van der Waals surface area contributed by atoms with Crippen LogP contribution in [0.25, 0.3) is 10.6 Å². The minimum absolute atomic E-state index is 0.115. The Morgan fingerprint density at radius 1 is 1.09 bits per heavy atom. The van der Waals surface area contributed by atoms with Gasteiger partial charge in [-0.3, -0.25) is 0 Å². The van der Waals surface area contributed by atoms with Gasteiger partial charge in [0.05, 0.1) is 10.7 Å². The second-order valence-electron chi connectivity index (χ2n) is 9.03. The van der Waals surface area contributed by atoms with Gasteiger partial charge in [-0.05, 0) is 43.0 Å². The highest BCUT2D eigenvalue weighted by Gasteiger charge is 2.20. The highest BCUT2D eigenvalue weighted by molar-refractivity contribution is 7.98. The van der Waals surface area contributed by atoms with Crippen LogP contribution < -0.4 is 4.74 Å². The molecule has 2 heterocycles. The molecule has 34 heavy (non-hydrogen) atoms. The molecule has 1 atom stereocenters. The summed E-state index contributed by atoms with van der Waals surface area (Å²) in [5.41, 5.74) is 3.36. The first-order valence-electron chi connectivity index (χ1n) is 11.3. The molecule has 0 bridgehead atoms. The van der Waals surface area contributed by atoms with Crippen LogP contribution >= 0.6 is 34.7 Å². The maximum Gasteiger partial charge on any atom is 0.191 e. The van der Waals surface area contributed by atoms with E-state index in [0.717, 1.165) is 39.5 Å². The van der Waals surface area contributed by atoms with Crippen LogP contribution in [0.5, 0.6) is 5.75 Å². The second kappa shape index (κ2) is 10.5. The first-order chi connectivity index (χ1) is 16.3. The maximum absolute atomic E-state index is 6.33. The van der Waals surface area contributed by atoms with E-state index in [0.29, 0.717) is 10.8 Å². The number of ether oxygens (including phenoxy) is 1. The third-order valence-electron chi connectivity index (χ3n) is 5.46. The minimum atomic E-state index is -0.214. The Balaban J connectivity index is 1.43. The van der Waals surface area contributed by atoms with Crippen molar-refractivity contribution >= 4 is 34.7 Å². The van der Waals surface area contributed by atoms with Crippen molar-refractivity contribution < 1.29 is 4.74 Å². The first kappa shape index (κ1) is 24.8. The standard InChI is InChI=1S/C26H29ClN4OS2/c1-6-31-23(17(2)32-20-13-11-18(12-14-20)26(3,4)5)29-30-25(31)34-16-19-15-33-24(28-19)21-9-7-8-10-22(21)27/h7-15,17H,6,16H2,1-5H3. The molecule has 4 aromatic rings. The van der Waals surface area contributed by atoms with Gasteiger partial charge in [0.1, 0.15) is 10.8 Å². The molecule has 0 aliphatic carbocycles. The van der Waals surface area contributed by atoms with Crippen LogP contribution in [0.4, 0.5) is 0 Å². The monoisotopic (exact) mass is 512 g/mol. The summed E-state index contributed by atoms with van der Waals surface area (Å²) in [6.07, 6.45) is -0.214. The molecule has 0 radical (unpaired) electrons. The van der Waals surface area contributed by atoms with Crippen LogP contribution in [0.3, 0.4) is 0 Å². The lowest BCUT2D eigenvalue weighted by Crippen LogP contribution is -2.13. The summed E-state index contributed by atoms with van der Waals surface area (Å²) < 4.78 is 8.31. The number of rotatable bonds is 8. The molecular formula is C26H29ClN4OS2.